The van der Waals surface area contributed by atoms with E-state index in [1.165, 1.54) is 0 Å². The van der Waals surface area contributed by atoms with Crippen molar-refractivity contribution >= 4 is 11.9 Å². The van der Waals surface area contributed by atoms with E-state index in [9.17, 15) is 9.59 Å². The number of carbonyl (C=O) groups excluding carboxylic acids is 1. The molecule has 0 atom stereocenters. The van der Waals surface area contributed by atoms with Crippen LogP contribution in [0.15, 0.2) is 4.52 Å². The van der Waals surface area contributed by atoms with Crippen molar-refractivity contribution in [1.82, 2.24) is 19.9 Å². The Labute approximate surface area is 110 Å². The molecule has 8 nitrogen and oxygen atoms in total. The van der Waals surface area contributed by atoms with Crippen LogP contribution in [-0.4, -0.2) is 69.6 Å². The summed E-state index contributed by atoms with van der Waals surface area (Å²) in [4.78, 5) is 30.1. The Kier molecular flexibility index (Phi) is 4.10. The Morgan fingerprint density at radius 3 is 2.53 bits per heavy atom. The van der Waals surface area contributed by atoms with Crippen LogP contribution in [0, 0.1) is 6.92 Å². The van der Waals surface area contributed by atoms with Gasteiger partial charge in [-0.05, 0) is 0 Å². The molecule has 1 N–H and O–H groups in total. The number of aryl methyl sites for hydroxylation is 1. The zero-order valence-electron chi connectivity index (χ0n) is 10.7. The number of hydrogen-bond donors (Lipinski definition) is 1. The van der Waals surface area contributed by atoms with Gasteiger partial charge in [0, 0.05) is 39.6 Å². The van der Waals surface area contributed by atoms with Crippen molar-refractivity contribution in [2.45, 2.75) is 13.3 Å². The van der Waals surface area contributed by atoms with Crippen LogP contribution in [0.4, 0.5) is 0 Å². The maximum atomic E-state index is 12.0. The number of piperazine rings is 1. The van der Waals surface area contributed by atoms with E-state index in [-0.39, 0.29) is 18.2 Å². The maximum absolute atomic E-state index is 12.0. The summed E-state index contributed by atoms with van der Waals surface area (Å²) >= 11 is 0. The Bertz CT molecular complexity index is 465. The summed E-state index contributed by atoms with van der Waals surface area (Å²) in [5.41, 5.74) is 0. The van der Waals surface area contributed by atoms with Crippen molar-refractivity contribution in [1.29, 1.82) is 0 Å². The summed E-state index contributed by atoms with van der Waals surface area (Å²) in [5, 5.41) is 12.2. The van der Waals surface area contributed by atoms with Crippen LogP contribution in [0.1, 0.15) is 22.9 Å². The van der Waals surface area contributed by atoms with Gasteiger partial charge in [-0.1, -0.05) is 5.16 Å². The quantitative estimate of drug-likeness (QED) is 0.793. The summed E-state index contributed by atoms with van der Waals surface area (Å²) in [7, 11) is 0. The van der Waals surface area contributed by atoms with Gasteiger partial charge in [0.25, 0.3) is 11.7 Å². The fourth-order valence-electron chi connectivity index (χ4n) is 1.96. The SMILES string of the molecule is Cc1nc(C(=O)N2CCN(CCC(=O)O)CC2)no1. The van der Waals surface area contributed by atoms with Crippen molar-refractivity contribution in [3.8, 4) is 0 Å². The van der Waals surface area contributed by atoms with E-state index in [0.29, 0.717) is 38.6 Å². The lowest BCUT2D eigenvalue weighted by Gasteiger charge is -2.33. The van der Waals surface area contributed by atoms with E-state index in [2.05, 4.69) is 10.1 Å². The lowest BCUT2D eigenvalue weighted by atomic mass is 10.3. The molecule has 1 aromatic rings. The highest BCUT2D eigenvalue weighted by molar-refractivity contribution is 5.90. The molecule has 2 rings (SSSR count). The average Bonchev–Trinajstić information content (AvgIpc) is 2.83. The molecule has 1 saturated heterocycles. The van der Waals surface area contributed by atoms with Crippen LogP contribution in [0.25, 0.3) is 0 Å². The summed E-state index contributed by atoms with van der Waals surface area (Å²) in [5.74, 6) is -0.601. The number of amides is 1. The smallest absolute Gasteiger partial charge is 0.304 e. The van der Waals surface area contributed by atoms with Crippen molar-refractivity contribution in [3.63, 3.8) is 0 Å². The third-order valence-electron chi connectivity index (χ3n) is 3.02. The molecule has 8 heteroatoms. The fourth-order valence-corrected chi connectivity index (χ4v) is 1.96. The number of aliphatic carboxylic acids is 1. The molecule has 104 valence electrons. The van der Waals surface area contributed by atoms with Crippen molar-refractivity contribution in [2.24, 2.45) is 0 Å². The van der Waals surface area contributed by atoms with Crippen molar-refractivity contribution in [2.75, 3.05) is 32.7 Å². The molecule has 1 amide bonds. The predicted molar refractivity (Wildman–Crippen MR) is 63.6 cm³/mol. The average molecular weight is 268 g/mol. The molecule has 0 unspecified atom stereocenters. The number of carbonyl (C=O) groups is 2. The molecular weight excluding hydrogens is 252 g/mol. The van der Waals surface area contributed by atoms with Gasteiger partial charge in [0.15, 0.2) is 0 Å². The minimum absolute atomic E-state index is 0.0801. The fraction of sp³-hybridized carbons (Fsp3) is 0.636. The molecule has 2 heterocycles. The van der Waals surface area contributed by atoms with Gasteiger partial charge in [-0.25, -0.2) is 0 Å². The molecule has 0 aromatic carbocycles. The highest BCUT2D eigenvalue weighted by atomic mass is 16.5. The monoisotopic (exact) mass is 268 g/mol. The number of nitrogens with zero attached hydrogens (tertiary/aromatic N) is 4. The van der Waals surface area contributed by atoms with Gasteiger partial charge in [-0.15, -0.1) is 0 Å². The second kappa shape index (κ2) is 5.79. The third kappa shape index (κ3) is 3.50. The van der Waals surface area contributed by atoms with Gasteiger partial charge >= 0.3 is 5.97 Å². The number of aromatic nitrogens is 2. The first-order chi connectivity index (χ1) is 9.06. The topological polar surface area (TPSA) is 99.8 Å². The van der Waals surface area contributed by atoms with Crippen LogP contribution in [0.5, 0.6) is 0 Å². The minimum atomic E-state index is -0.805. The first-order valence-electron chi connectivity index (χ1n) is 6.10. The number of carboxylic acid groups (broad SMARTS) is 1. The second-order valence-electron chi connectivity index (χ2n) is 4.41. The van der Waals surface area contributed by atoms with Gasteiger partial charge in [0.05, 0.1) is 6.42 Å². The van der Waals surface area contributed by atoms with Crippen molar-refractivity contribution < 1.29 is 19.2 Å². The molecule has 1 aliphatic rings. The maximum Gasteiger partial charge on any atom is 0.304 e. The molecule has 1 aromatic heterocycles. The predicted octanol–water partition coefficient (Wildman–Crippen LogP) is -0.389. The van der Waals surface area contributed by atoms with E-state index in [0.717, 1.165) is 0 Å². The van der Waals surface area contributed by atoms with E-state index in [1.807, 2.05) is 4.90 Å². The van der Waals surface area contributed by atoms with E-state index < -0.39 is 5.97 Å². The lowest BCUT2D eigenvalue weighted by Crippen LogP contribution is -2.49. The summed E-state index contributed by atoms with van der Waals surface area (Å²) in [6.07, 6.45) is 0.123. The van der Waals surface area contributed by atoms with Gasteiger partial charge in [-0.2, -0.15) is 4.98 Å². The molecule has 0 aliphatic carbocycles. The second-order valence-corrected chi connectivity index (χ2v) is 4.41. The molecule has 1 aliphatic heterocycles. The summed E-state index contributed by atoms with van der Waals surface area (Å²) in [6.45, 7) is 4.57. The first-order valence-corrected chi connectivity index (χ1v) is 6.10. The number of carboxylic acids is 1. The first kappa shape index (κ1) is 13.5. The van der Waals surface area contributed by atoms with E-state index in [4.69, 9.17) is 9.63 Å². The number of hydrogen-bond acceptors (Lipinski definition) is 6. The van der Waals surface area contributed by atoms with Crippen LogP contribution in [0.2, 0.25) is 0 Å². The molecule has 1 fully saturated rings. The Hall–Kier alpha value is -1.96. The normalized spacial score (nSPS) is 16.6. The van der Waals surface area contributed by atoms with Crippen LogP contribution < -0.4 is 0 Å². The molecule has 19 heavy (non-hydrogen) atoms. The summed E-state index contributed by atoms with van der Waals surface area (Å²) < 4.78 is 4.78. The van der Waals surface area contributed by atoms with Gasteiger partial charge in [0.2, 0.25) is 5.89 Å². The highest BCUT2D eigenvalue weighted by Gasteiger charge is 2.25. The van der Waals surface area contributed by atoms with Crippen LogP contribution in [0.3, 0.4) is 0 Å². The third-order valence-corrected chi connectivity index (χ3v) is 3.02. The van der Waals surface area contributed by atoms with Crippen LogP contribution >= 0.6 is 0 Å². The molecule has 0 spiro atoms. The van der Waals surface area contributed by atoms with Gasteiger partial charge < -0.3 is 14.5 Å². The largest absolute Gasteiger partial charge is 0.481 e. The van der Waals surface area contributed by atoms with Crippen molar-refractivity contribution in [3.05, 3.63) is 11.7 Å². The van der Waals surface area contributed by atoms with E-state index in [1.54, 1.807) is 11.8 Å². The zero-order chi connectivity index (χ0) is 13.8. The molecule has 0 bridgehead atoms. The highest BCUT2D eigenvalue weighted by Crippen LogP contribution is 2.07. The Balaban J connectivity index is 1.83. The summed E-state index contributed by atoms with van der Waals surface area (Å²) in [6, 6.07) is 0. The lowest BCUT2D eigenvalue weighted by molar-refractivity contribution is -0.137. The number of rotatable bonds is 4. The standard InChI is InChI=1S/C11H16N4O4/c1-8-12-10(13-19-8)11(18)15-6-4-14(5-7-15)3-2-9(16)17/h2-7H2,1H3,(H,16,17). The Morgan fingerprint density at radius 1 is 1.32 bits per heavy atom. The van der Waals surface area contributed by atoms with Gasteiger partial charge in [0.1, 0.15) is 0 Å². The zero-order valence-corrected chi connectivity index (χ0v) is 10.7. The Morgan fingerprint density at radius 2 is 2.00 bits per heavy atom. The molecular formula is C11H16N4O4. The van der Waals surface area contributed by atoms with E-state index >= 15 is 0 Å². The van der Waals surface area contributed by atoms with Gasteiger partial charge in [-0.3, -0.25) is 14.5 Å². The molecule has 0 radical (unpaired) electrons. The molecule has 0 saturated carbocycles. The van der Waals surface area contributed by atoms with Crippen LogP contribution in [-0.2, 0) is 4.79 Å². The minimum Gasteiger partial charge on any atom is -0.481 e.